The molecule has 2 saturated heterocycles. The first-order valence-corrected chi connectivity index (χ1v) is 7.14. The topological polar surface area (TPSA) is 78.1 Å². The fourth-order valence-corrected chi connectivity index (χ4v) is 3.41. The van der Waals surface area contributed by atoms with E-state index < -0.39 is 0 Å². The molecule has 0 saturated carbocycles. The van der Waals surface area contributed by atoms with E-state index in [1.54, 1.807) is 6.20 Å². The quantitative estimate of drug-likeness (QED) is 0.817. The molecular formula is C15H16N4O2. The first kappa shape index (κ1) is 12.4. The Morgan fingerprint density at radius 3 is 3.10 bits per heavy atom. The molecule has 108 valence electrons. The first-order chi connectivity index (χ1) is 10.2. The number of nitrogens with zero attached hydrogens (tertiary/aromatic N) is 2. The third-order valence-electron chi connectivity index (χ3n) is 4.61. The van der Waals surface area contributed by atoms with E-state index in [0.29, 0.717) is 25.1 Å². The van der Waals surface area contributed by atoms with E-state index in [0.717, 1.165) is 23.9 Å². The minimum atomic E-state index is -0.0491. The second kappa shape index (κ2) is 4.31. The van der Waals surface area contributed by atoms with Crippen molar-refractivity contribution in [3.8, 4) is 0 Å². The molecule has 2 aliphatic rings. The van der Waals surface area contributed by atoms with Crippen LogP contribution in [0.3, 0.4) is 0 Å². The van der Waals surface area contributed by atoms with Gasteiger partial charge in [0.15, 0.2) is 0 Å². The number of likely N-dealkylation sites (tertiary alicyclic amines) is 1. The van der Waals surface area contributed by atoms with Crippen LogP contribution >= 0.6 is 0 Å². The van der Waals surface area contributed by atoms with Crippen molar-refractivity contribution in [3.05, 3.63) is 30.0 Å². The van der Waals surface area contributed by atoms with Gasteiger partial charge in [-0.3, -0.25) is 14.7 Å². The lowest BCUT2D eigenvalue weighted by Crippen LogP contribution is -2.33. The summed E-state index contributed by atoms with van der Waals surface area (Å²) in [6, 6.07) is 5.57. The summed E-state index contributed by atoms with van der Waals surface area (Å²) in [7, 11) is 0. The number of nitrogens with one attached hydrogen (secondary N) is 2. The second-order valence-corrected chi connectivity index (χ2v) is 6.10. The number of aromatic amines is 1. The average Bonchev–Trinajstić information content (AvgIpc) is 3.19. The van der Waals surface area contributed by atoms with Crippen molar-refractivity contribution in [1.29, 1.82) is 0 Å². The number of carbonyl (C=O) groups is 2. The summed E-state index contributed by atoms with van der Waals surface area (Å²) in [5.41, 5.74) is 1.56. The number of amides is 2. The van der Waals surface area contributed by atoms with Crippen LogP contribution in [0.2, 0.25) is 0 Å². The minimum Gasteiger partial charge on any atom is -0.355 e. The van der Waals surface area contributed by atoms with Crippen LogP contribution in [0.15, 0.2) is 24.4 Å². The zero-order valence-corrected chi connectivity index (χ0v) is 11.6. The molecule has 2 aromatic rings. The molecule has 1 unspecified atom stereocenters. The van der Waals surface area contributed by atoms with Gasteiger partial charge in [-0.05, 0) is 24.6 Å². The van der Waals surface area contributed by atoms with E-state index in [9.17, 15) is 9.59 Å². The third kappa shape index (κ3) is 1.98. The Hall–Kier alpha value is -2.37. The SMILES string of the molecule is O=C1CC2(CCN(C(=O)c3ccc4[nH]ncc4c3)C2)CN1. The highest BCUT2D eigenvalue weighted by molar-refractivity contribution is 5.98. The maximum Gasteiger partial charge on any atom is 0.253 e. The molecule has 6 nitrogen and oxygen atoms in total. The molecule has 1 atom stereocenters. The van der Waals surface area contributed by atoms with Crippen molar-refractivity contribution in [3.63, 3.8) is 0 Å². The average molecular weight is 284 g/mol. The molecule has 0 radical (unpaired) electrons. The van der Waals surface area contributed by atoms with Crippen molar-refractivity contribution in [2.45, 2.75) is 12.8 Å². The Labute approximate surface area is 121 Å². The molecule has 0 aliphatic carbocycles. The van der Waals surface area contributed by atoms with Crippen molar-refractivity contribution in [2.24, 2.45) is 5.41 Å². The molecule has 3 heterocycles. The van der Waals surface area contributed by atoms with Gasteiger partial charge in [-0.25, -0.2) is 0 Å². The van der Waals surface area contributed by atoms with E-state index in [2.05, 4.69) is 15.5 Å². The Kier molecular flexibility index (Phi) is 2.54. The predicted molar refractivity (Wildman–Crippen MR) is 76.7 cm³/mol. The van der Waals surface area contributed by atoms with Crippen molar-refractivity contribution in [1.82, 2.24) is 20.4 Å². The van der Waals surface area contributed by atoms with Gasteiger partial charge in [0.1, 0.15) is 0 Å². The van der Waals surface area contributed by atoms with Gasteiger partial charge < -0.3 is 10.2 Å². The van der Waals surface area contributed by atoms with Gasteiger partial charge in [-0.15, -0.1) is 0 Å². The van der Waals surface area contributed by atoms with E-state index >= 15 is 0 Å². The largest absolute Gasteiger partial charge is 0.355 e. The van der Waals surface area contributed by atoms with Crippen LogP contribution in [0.5, 0.6) is 0 Å². The zero-order chi connectivity index (χ0) is 14.4. The summed E-state index contributed by atoms with van der Waals surface area (Å²) in [4.78, 5) is 25.9. The Morgan fingerprint density at radius 1 is 1.38 bits per heavy atom. The van der Waals surface area contributed by atoms with Crippen LogP contribution in [0.25, 0.3) is 10.9 Å². The maximum absolute atomic E-state index is 12.6. The van der Waals surface area contributed by atoms with Gasteiger partial charge in [0.05, 0.1) is 11.7 Å². The maximum atomic E-state index is 12.6. The summed E-state index contributed by atoms with van der Waals surface area (Å²) < 4.78 is 0. The van der Waals surface area contributed by atoms with Crippen molar-refractivity contribution < 1.29 is 9.59 Å². The fourth-order valence-electron chi connectivity index (χ4n) is 3.41. The van der Waals surface area contributed by atoms with E-state index in [4.69, 9.17) is 0 Å². The monoisotopic (exact) mass is 284 g/mol. The summed E-state index contributed by atoms with van der Waals surface area (Å²) in [6.07, 6.45) is 3.15. The highest BCUT2D eigenvalue weighted by Crippen LogP contribution is 2.37. The molecule has 2 amide bonds. The van der Waals surface area contributed by atoms with Gasteiger partial charge in [0.2, 0.25) is 5.91 Å². The Bertz CT molecular complexity index is 738. The van der Waals surface area contributed by atoms with Crippen molar-refractivity contribution in [2.75, 3.05) is 19.6 Å². The highest BCUT2D eigenvalue weighted by atomic mass is 16.2. The van der Waals surface area contributed by atoms with Gasteiger partial charge >= 0.3 is 0 Å². The summed E-state index contributed by atoms with van der Waals surface area (Å²) in [5, 5.41) is 10.7. The molecule has 2 fully saturated rings. The van der Waals surface area contributed by atoms with Gasteiger partial charge in [-0.1, -0.05) is 0 Å². The second-order valence-electron chi connectivity index (χ2n) is 6.10. The Morgan fingerprint density at radius 2 is 2.29 bits per heavy atom. The highest BCUT2D eigenvalue weighted by Gasteiger charge is 2.45. The number of hydrogen-bond acceptors (Lipinski definition) is 3. The van der Waals surface area contributed by atoms with E-state index in [-0.39, 0.29) is 17.2 Å². The number of rotatable bonds is 1. The lowest BCUT2D eigenvalue weighted by molar-refractivity contribution is -0.119. The first-order valence-electron chi connectivity index (χ1n) is 7.14. The molecule has 1 spiro atoms. The van der Waals surface area contributed by atoms with Crippen LogP contribution < -0.4 is 5.32 Å². The number of aromatic nitrogens is 2. The van der Waals surface area contributed by atoms with Gasteiger partial charge in [-0.2, -0.15) is 5.10 Å². The van der Waals surface area contributed by atoms with Crippen LogP contribution in [-0.2, 0) is 4.79 Å². The summed E-state index contributed by atoms with van der Waals surface area (Å²) >= 11 is 0. The molecule has 4 rings (SSSR count). The third-order valence-corrected chi connectivity index (χ3v) is 4.61. The molecule has 2 N–H and O–H groups in total. The van der Waals surface area contributed by atoms with Crippen LogP contribution in [0.4, 0.5) is 0 Å². The number of carbonyl (C=O) groups excluding carboxylic acids is 2. The van der Waals surface area contributed by atoms with Gasteiger partial charge in [0, 0.05) is 42.4 Å². The van der Waals surface area contributed by atoms with E-state index in [1.807, 2.05) is 23.1 Å². The van der Waals surface area contributed by atoms with Crippen LogP contribution in [0.1, 0.15) is 23.2 Å². The molecule has 0 bridgehead atoms. The van der Waals surface area contributed by atoms with Crippen LogP contribution in [0, 0.1) is 5.41 Å². The Balaban J connectivity index is 1.56. The number of fused-ring (bicyclic) bond motifs is 1. The number of hydrogen-bond donors (Lipinski definition) is 2. The normalized spacial score (nSPS) is 25.0. The lowest BCUT2D eigenvalue weighted by atomic mass is 9.86. The van der Waals surface area contributed by atoms with Crippen LogP contribution in [-0.4, -0.2) is 46.5 Å². The van der Waals surface area contributed by atoms with E-state index in [1.165, 1.54) is 0 Å². The predicted octanol–water partition coefficient (Wildman–Crippen LogP) is 0.915. The number of benzene rings is 1. The molecule has 1 aromatic carbocycles. The van der Waals surface area contributed by atoms with Crippen molar-refractivity contribution >= 4 is 22.7 Å². The molecule has 2 aliphatic heterocycles. The fraction of sp³-hybridized carbons (Fsp3) is 0.400. The zero-order valence-electron chi connectivity index (χ0n) is 11.6. The summed E-state index contributed by atoms with van der Waals surface area (Å²) in [6.45, 7) is 2.07. The number of H-pyrrole nitrogens is 1. The summed E-state index contributed by atoms with van der Waals surface area (Å²) in [5.74, 6) is 0.137. The smallest absolute Gasteiger partial charge is 0.253 e. The standard InChI is InChI=1S/C15H16N4O2/c20-13-6-15(8-16-13)3-4-19(9-15)14(21)10-1-2-12-11(5-10)7-17-18-12/h1-2,5,7H,3-4,6,8-9H2,(H,16,20)(H,17,18). The molecule has 1 aromatic heterocycles. The molecule has 21 heavy (non-hydrogen) atoms. The van der Waals surface area contributed by atoms with Gasteiger partial charge in [0.25, 0.3) is 5.91 Å². The molecular weight excluding hydrogens is 268 g/mol. The molecule has 6 heteroatoms. The minimum absolute atomic E-state index is 0.0364. The lowest BCUT2D eigenvalue weighted by Gasteiger charge is -2.21.